The van der Waals surface area contributed by atoms with Crippen molar-refractivity contribution in [3.05, 3.63) is 0 Å². The molecule has 0 saturated carbocycles. The second kappa shape index (κ2) is 3.32. The van der Waals surface area contributed by atoms with E-state index in [2.05, 4.69) is 9.93 Å². The van der Waals surface area contributed by atoms with Crippen LogP contribution in [0.4, 0.5) is 4.79 Å². The Kier molecular flexibility index (Phi) is 3.38. The minimum Gasteiger partial charge on any atom is -0.257 e. The van der Waals surface area contributed by atoms with Gasteiger partial charge in [-0.2, -0.15) is 0 Å². The fourth-order valence-electron chi connectivity index (χ4n) is 0.0293. The molecule has 0 heterocycles. The van der Waals surface area contributed by atoms with Crippen molar-refractivity contribution in [3.8, 4) is 0 Å². The molecule has 0 fully saturated rings. The van der Waals surface area contributed by atoms with Crippen LogP contribution in [-0.4, -0.2) is 9.23 Å². The van der Waals surface area contributed by atoms with Crippen LogP contribution in [0.25, 0.3) is 0 Å². The highest BCUT2D eigenvalue weighted by Crippen LogP contribution is 1.88. The first-order valence-corrected chi connectivity index (χ1v) is 2.03. The largest absolute Gasteiger partial charge is 0.403 e. The van der Waals surface area contributed by atoms with Gasteiger partial charge in [0, 0.05) is 0 Å². The van der Waals surface area contributed by atoms with E-state index >= 15 is 0 Å². The van der Waals surface area contributed by atoms with Crippen molar-refractivity contribution in [3.63, 3.8) is 0 Å². The Balaban J connectivity index is 2.83. The summed E-state index contributed by atoms with van der Waals surface area (Å²) in [5, 5.41) is 10.2. The van der Waals surface area contributed by atoms with Gasteiger partial charge in [-0.3, -0.25) is 4.89 Å². The molecule has 0 aliphatic rings. The quantitative estimate of drug-likeness (QED) is 0.299. The standard InChI is InChI=1S/CHIO4/c2-1(3)5-6-4/h4H. The van der Waals surface area contributed by atoms with Crippen LogP contribution in [0, 0.1) is 0 Å². The average Bonchev–Trinajstić information content (AvgIpc) is 1.35. The summed E-state index contributed by atoms with van der Waals surface area (Å²) in [4.78, 5) is 13.0. The van der Waals surface area contributed by atoms with Crippen LogP contribution in [-0.2, 0) is 9.93 Å². The first-order chi connectivity index (χ1) is 2.77. The second-order valence-corrected chi connectivity index (χ2v) is 1.28. The summed E-state index contributed by atoms with van der Waals surface area (Å²) >= 11 is 1.30. The molecule has 36 valence electrons. The van der Waals surface area contributed by atoms with Crippen LogP contribution >= 0.6 is 22.6 Å². The van der Waals surface area contributed by atoms with Crippen molar-refractivity contribution in [2.45, 2.75) is 0 Å². The maximum absolute atomic E-state index is 9.52. The molecule has 0 aromatic carbocycles. The van der Waals surface area contributed by atoms with Gasteiger partial charge in [-0.05, 0) is 5.04 Å². The summed E-state index contributed by atoms with van der Waals surface area (Å²) in [6.07, 6.45) is 0. The third kappa shape index (κ3) is 4.12. The van der Waals surface area contributed by atoms with Gasteiger partial charge in [0.1, 0.15) is 0 Å². The Morgan fingerprint density at radius 2 is 2.33 bits per heavy atom. The maximum atomic E-state index is 9.52. The smallest absolute Gasteiger partial charge is 0.257 e. The first-order valence-electron chi connectivity index (χ1n) is 0.946. The minimum absolute atomic E-state index is 0.713. The molecule has 5 heteroatoms. The highest BCUT2D eigenvalue weighted by atomic mass is 127. The van der Waals surface area contributed by atoms with E-state index in [1.165, 1.54) is 22.6 Å². The topological polar surface area (TPSA) is 55.8 Å². The van der Waals surface area contributed by atoms with E-state index in [1.807, 2.05) is 0 Å². The summed E-state index contributed by atoms with van der Waals surface area (Å²) in [6.45, 7) is 0. The third-order valence-corrected chi connectivity index (χ3v) is 0.283. The van der Waals surface area contributed by atoms with Crippen molar-refractivity contribution >= 4 is 26.6 Å². The van der Waals surface area contributed by atoms with Gasteiger partial charge < -0.3 is 0 Å². The lowest BCUT2D eigenvalue weighted by atomic mass is 11.6. The van der Waals surface area contributed by atoms with Gasteiger partial charge in [0.05, 0.1) is 22.6 Å². The summed E-state index contributed by atoms with van der Waals surface area (Å²) in [6, 6.07) is 0. The lowest BCUT2D eigenvalue weighted by molar-refractivity contribution is -0.451. The lowest BCUT2D eigenvalue weighted by Crippen LogP contribution is -1.88. The fourth-order valence-corrected chi connectivity index (χ4v) is 0.110. The number of halogens is 1. The van der Waals surface area contributed by atoms with Crippen molar-refractivity contribution in [1.29, 1.82) is 0 Å². The van der Waals surface area contributed by atoms with Gasteiger partial charge in [0.15, 0.2) is 0 Å². The highest BCUT2D eigenvalue weighted by Gasteiger charge is 1.88. The van der Waals surface area contributed by atoms with Gasteiger partial charge in [0.2, 0.25) is 0 Å². The summed E-state index contributed by atoms with van der Waals surface area (Å²) < 4.78 is -0.713. The monoisotopic (exact) mass is 204 g/mol. The van der Waals surface area contributed by atoms with Crippen LogP contribution < -0.4 is 0 Å². The molecule has 0 amide bonds. The zero-order chi connectivity index (χ0) is 4.99. The first kappa shape index (κ1) is 6.12. The molecule has 0 aliphatic carbocycles. The van der Waals surface area contributed by atoms with Crippen LogP contribution in [0.1, 0.15) is 0 Å². The van der Waals surface area contributed by atoms with Gasteiger partial charge in [-0.25, -0.2) is 10.1 Å². The number of rotatable bonds is 1. The van der Waals surface area contributed by atoms with E-state index < -0.39 is 3.98 Å². The molecule has 0 aromatic rings. The molecular formula is CHIO4. The van der Waals surface area contributed by atoms with Crippen molar-refractivity contribution < 1.29 is 20.0 Å². The van der Waals surface area contributed by atoms with Gasteiger partial charge in [0.25, 0.3) is 0 Å². The Morgan fingerprint density at radius 3 is 2.33 bits per heavy atom. The normalized spacial score (nSPS) is 7.67. The SMILES string of the molecule is O=C(I)OOO. The van der Waals surface area contributed by atoms with Crippen LogP contribution in [0.5, 0.6) is 0 Å². The average molecular weight is 204 g/mol. The molecule has 1 N–H and O–H groups in total. The highest BCUT2D eigenvalue weighted by molar-refractivity contribution is 14.1. The van der Waals surface area contributed by atoms with Crippen LogP contribution in [0.2, 0.25) is 0 Å². The molecule has 0 radical (unpaired) electrons. The predicted octanol–water partition coefficient (Wildman–Crippen LogP) is 0.963. The van der Waals surface area contributed by atoms with E-state index in [4.69, 9.17) is 5.26 Å². The van der Waals surface area contributed by atoms with E-state index in [0.29, 0.717) is 0 Å². The van der Waals surface area contributed by atoms with E-state index in [1.54, 1.807) is 0 Å². The van der Waals surface area contributed by atoms with Crippen molar-refractivity contribution in [2.24, 2.45) is 0 Å². The summed E-state index contributed by atoms with van der Waals surface area (Å²) in [7, 11) is 0. The Morgan fingerprint density at radius 1 is 1.83 bits per heavy atom. The molecule has 0 spiro atoms. The molecule has 0 rings (SSSR count). The number of carbonyl (C=O) groups is 1. The zero-order valence-corrected chi connectivity index (χ0v) is 4.71. The molecule has 0 aliphatic heterocycles. The number of hydrogen-bond acceptors (Lipinski definition) is 4. The second-order valence-electron chi connectivity index (χ2n) is 0.396. The molecule has 6 heavy (non-hydrogen) atoms. The zero-order valence-electron chi connectivity index (χ0n) is 2.55. The van der Waals surface area contributed by atoms with Crippen LogP contribution in [0.15, 0.2) is 0 Å². The number of carbonyl (C=O) groups excluding carboxylic acids is 1. The van der Waals surface area contributed by atoms with E-state index in [-0.39, 0.29) is 0 Å². The van der Waals surface area contributed by atoms with E-state index in [9.17, 15) is 4.79 Å². The summed E-state index contributed by atoms with van der Waals surface area (Å²) in [5.41, 5.74) is 0. The van der Waals surface area contributed by atoms with Crippen molar-refractivity contribution in [2.75, 3.05) is 0 Å². The minimum atomic E-state index is -0.713. The predicted molar refractivity (Wildman–Crippen MR) is 24.2 cm³/mol. The molecule has 0 atom stereocenters. The Hall–Kier alpha value is 0.120. The van der Waals surface area contributed by atoms with Crippen molar-refractivity contribution in [1.82, 2.24) is 0 Å². The fraction of sp³-hybridized carbons (Fsp3) is 0. The Labute approximate surface area is 47.0 Å². The molecular weight excluding hydrogens is 203 g/mol. The lowest BCUT2D eigenvalue weighted by Gasteiger charge is -1.82. The molecule has 0 saturated heterocycles. The molecule has 0 bridgehead atoms. The molecule has 4 nitrogen and oxygen atoms in total. The van der Waals surface area contributed by atoms with Gasteiger partial charge in [-0.15, -0.1) is 0 Å². The number of hydrogen-bond donors (Lipinski definition) is 1. The third-order valence-electron chi connectivity index (χ3n) is 0.103. The Bertz CT molecular complexity index is 51.5. The molecule has 0 aromatic heterocycles. The summed E-state index contributed by atoms with van der Waals surface area (Å²) in [5.74, 6) is 0. The van der Waals surface area contributed by atoms with Crippen LogP contribution in [0.3, 0.4) is 0 Å². The van der Waals surface area contributed by atoms with Gasteiger partial charge in [-0.1, -0.05) is 0 Å². The maximum Gasteiger partial charge on any atom is 0.403 e. The molecule has 0 unspecified atom stereocenters. The van der Waals surface area contributed by atoms with E-state index in [0.717, 1.165) is 0 Å². The van der Waals surface area contributed by atoms with Gasteiger partial charge >= 0.3 is 3.98 Å².